The number of carboxylic acid groups (broad SMARTS) is 1. The third-order valence-electron chi connectivity index (χ3n) is 7.62. The van der Waals surface area contributed by atoms with Crippen LogP contribution in [0.1, 0.15) is 99.8 Å². The highest BCUT2D eigenvalue weighted by atomic mass is 16.4. The van der Waals surface area contributed by atoms with Gasteiger partial charge in [-0.1, -0.05) is 84.0 Å². The minimum atomic E-state index is -0.791. The Morgan fingerprint density at radius 2 is 1.42 bits per heavy atom. The average molecular weight is 445 g/mol. The van der Waals surface area contributed by atoms with Crippen molar-refractivity contribution in [3.63, 3.8) is 0 Å². The molecule has 1 N–H and O–H groups in total. The summed E-state index contributed by atoms with van der Waals surface area (Å²) >= 11 is 0. The van der Waals surface area contributed by atoms with Gasteiger partial charge in [-0.25, -0.2) is 4.79 Å². The summed E-state index contributed by atoms with van der Waals surface area (Å²) in [5, 5.41) is 10.7. The first kappa shape index (κ1) is 25.0. The maximum Gasteiger partial charge on any atom is 0.336 e. The zero-order chi connectivity index (χ0) is 24.2. The van der Waals surface area contributed by atoms with Gasteiger partial charge < -0.3 is 5.11 Å². The molecule has 0 aromatic heterocycles. The van der Waals surface area contributed by atoms with E-state index in [4.69, 9.17) is 0 Å². The smallest absolute Gasteiger partial charge is 0.336 e. The number of carbonyl (C=O) groups is 1. The lowest BCUT2D eigenvalue weighted by atomic mass is 9.64. The van der Waals surface area contributed by atoms with Gasteiger partial charge in [0.15, 0.2) is 0 Å². The number of benzene rings is 2. The molecule has 0 radical (unpaired) electrons. The van der Waals surface area contributed by atoms with Crippen LogP contribution in [-0.2, 0) is 24.7 Å². The zero-order valence-electron chi connectivity index (χ0n) is 21.3. The van der Waals surface area contributed by atoms with Crippen LogP contribution in [0.25, 0.3) is 11.1 Å². The predicted molar refractivity (Wildman–Crippen MR) is 140 cm³/mol. The predicted octanol–water partition coefficient (Wildman–Crippen LogP) is 8.46. The van der Waals surface area contributed by atoms with Crippen molar-refractivity contribution in [2.24, 2.45) is 0 Å². The highest BCUT2D eigenvalue weighted by Crippen LogP contribution is 2.48. The molecular formula is C31H40O2. The van der Waals surface area contributed by atoms with E-state index < -0.39 is 5.97 Å². The molecule has 0 spiro atoms. The second kappa shape index (κ2) is 10.5. The quantitative estimate of drug-likeness (QED) is 0.421. The molecule has 3 rings (SSSR count). The molecule has 0 bridgehead atoms. The van der Waals surface area contributed by atoms with Gasteiger partial charge in [-0.05, 0) is 89.5 Å². The van der Waals surface area contributed by atoms with E-state index in [0.717, 1.165) is 60.8 Å². The number of allylic oxidation sites excluding steroid dienone is 4. The van der Waals surface area contributed by atoms with Crippen LogP contribution < -0.4 is 0 Å². The van der Waals surface area contributed by atoms with Crippen LogP contribution in [0.3, 0.4) is 0 Å². The topological polar surface area (TPSA) is 37.3 Å². The van der Waals surface area contributed by atoms with Gasteiger partial charge >= 0.3 is 5.97 Å². The van der Waals surface area contributed by atoms with Crippen molar-refractivity contribution in [3.8, 4) is 11.1 Å². The van der Waals surface area contributed by atoms with Crippen molar-refractivity contribution in [2.45, 2.75) is 91.9 Å². The highest BCUT2D eigenvalue weighted by molar-refractivity contribution is 5.96. The number of hydrogen-bond donors (Lipinski definition) is 1. The van der Waals surface area contributed by atoms with Gasteiger partial charge in [0, 0.05) is 5.41 Å². The van der Waals surface area contributed by atoms with E-state index in [0.29, 0.717) is 12.0 Å². The van der Waals surface area contributed by atoms with E-state index in [9.17, 15) is 9.90 Å². The van der Waals surface area contributed by atoms with Gasteiger partial charge in [-0.3, -0.25) is 0 Å². The monoisotopic (exact) mass is 444 g/mol. The molecule has 2 nitrogen and oxygen atoms in total. The molecular weight excluding hydrogens is 404 g/mol. The summed E-state index contributed by atoms with van der Waals surface area (Å²) in [5.41, 5.74) is 9.98. The number of carboxylic acids is 1. The summed E-state index contributed by atoms with van der Waals surface area (Å²) < 4.78 is 0. The van der Waals surface area contributed by atoms with Crippen LogP contribution >= 0.6 is 0 Å². The summed E-state index contributed by atoms with van der Waals surface area (Å²) in [6, 6.07) is 10.4. The third kappa shape index (κ3) is 4.33. The van der Waals surface area contributed by atoms with Crippen LogP contribution in [-0.4, -0.2) is 11.1 Å². The largest absolute Gasteiger partial charge is 0.478 e. The molecule has 0 fully saturated rings. The summed E-state index contributed by atoms with van der Waals surface area (Å²) in [6.07, 6.45) is 11.0. The number of hydrogen-bond acceptors (Lipinski definition) is 1. The molecule has 2 heteroatoms. The van der Waals surface area contributed by atoms with Gasteiger partial charge in [0.1, 0.15) is 0 Å². The highest BCUT2D eigenvalue weighted by Gasteiger charge is 2.39. The average Bonchev–Trinajstić information content (AvgIpc) is 2.86. The minimum absolute atomic E-state index is 0.272. The lowest BCUT2D eigenvalue weighted by molar-refractivity contribution is 0.0692. The van der Waals surface area contributed by atoms with Gasteiger partial charge in [0.05, 0.1) is 5.56 Å². The molecule has 0 amide bonds. The van der Waals surface area contributed by atoms with E-state index >= 15 is 0 Å². The lowest BCUT2D eigenvalue weighted by Crippen LogP contribution is -2.31. The standard InChI is InChI=1S/C31H40O2/c1-7-21-18-19-31(12-6,20-22(21)8-2)29-25(10-4)24(9-3)27(23-16-14-13-15-17-23)26(11-5)28(29)30(32)33/h13-18,20H,7-12,19H2,1-6H3,(H,32,33). The number of aromatic carboxylic acids is 1. The lowest BCUT2D eigenvalue weighted by Gasteiger charge is -2.39. The van der Waals surface area contributed by atoms with Gasteiger partial charge in [-0.2, -0.15) is 0 Å². The molecule has 1 aliphatic rings. The van der Waals surface area contributed by atoms with Crippen LogP contribution in [0, 0.1) is 0 Å². The minimum Gasteiger partial charge on any atom is -0.478 e. The Balaban J connectivity index is 2.50. The molecule has 2 aromatic carbocycles. The van der Waals surface area contributed by atoms with Crippen LogP contribution in [0.15, 0.2) is 53.6 Å². The molecule has 176 valence electrons. The first-order valence-corrected chi connectivity index (χ1v) is 12.8. The van der Waals surface area contributed by atoms with Gasteiger partial charge in [-0.15, -0.1) is 0 Å². The molecule has 1 aliphatic carbocycles. The Morgan fingerprint density at radius 3 is 1.91 bits per heavy atom. The van der Waals surface area contributed by atoms with Gasteiger partial charge in [0.2, 0.25) is 0 Å². The summed E-state index contributed by atoms with van der Waals surface area (Å²) in [7, 11) is 0. The van der Waals surface area contributed by atoms with E-state index in [2.05, 4.69) is 78.0 Å². The summed E-state index contributed by atoms with van der Waals surface area (Å²) in [5.74, 6) is -0.791. The van der Waals surface area contributed by atoms with Crippen molar-refractivity contribution in [1.82, 2.24) is 0 Å². The van der Waals surface area contributed by atoms with Crippen molar-refractivity contribution >= 4 is 5.97 Å². The Morgan fingerprint density at radius 1 is 0.818 bits per heavy atom. The van der Waals surface area contributed by atoms with Crippen LogP contribution in [0.2, 0.25) is 0 Å². The Bertz CT molecular complexity index is 1070. The molecule has 2 aromatic rings. The SMILES string of the molecule is CCC1=CCC(CC)(c2c(CC)c(CC)c(-c3ccccc3)c(CC)c2C(=O)O)C=C1CC. The van der Waals surface area contributed by atoms with Crippen molar-refractivity contribution in [1.29, 1.82) is 0 Å². The van der Waals surface area contributed by atoms with Crippen molar-refractivity contribution in [2.75, 3.05) is 0 Å². The van der Waals surface area contributed by atoms with Crippen molar-refractivity contribution in [3.05, 3.63) is 81.4 Å². The van der Waals surface area contributed by atoms with E-state index in [1.165, 1.54) is 22.3 Å². The third-order valence-corrected chi connectivity index (χ3v) is 7.62. The Labute approximate surface area is 200 Å². The fraction of sp³-hybridized carbons (Fsp3) is 0.452. The molecule has 0 aliphatic heterocycles. The first-order chi connectivity index (χ1) is 15.9. The maximum absolute atomic E-state index is 13.0. The maximum atomic E-state index is 13.0. The second-order valence-corrected chi connectivity index (χ2v) is 9.11. The molecule has 1 atom stereocenters. The van der Waals surface area contributed by atoms with E-state index in [1.54, 1.807) is 0 Å². The Kier molecular flexibility index (Phi) is 8.00. The normalized spacial score (nSPS) is 18.1. The van der Waals surface area contributed by atoms with Crippen LogP contribution in [0.4, 0.5) is 0 Å². The molecule has 33 heavy (non-hydrogen) atoms. The summed E-state index contributed by atoms with van der Waals surface area (Å²) in [4.78, 5) is 13.0. The second-order valence-electron chi connectivity index (χ2n) is 9.11. The fourth-order valence-electron chi connectivity index (χ4n) is 6.00. The summed E-state index contributed by atoms with van der Waals surface area (Å²) in [6.45, 7) is 13.2. The van der Waals surface area contributed by atoms with E-state index in [-0.39, 0.29) is 5.41 Å². The van der Waals surface area contributed by atoms with Crippen molar-refractivity contribution < 1.29 is 9.90 Å². The molecule has 0 saturated carbocycles. The molecule has 0 saturated heterocycles. The van der Waals surface area contributed by atoms with Gasteiger partial charge in [0.25, 0.3) is 0 Å². The van der Waals surface area contributed by atoms with E-state index in [1.807, 2.05) is 6.07 Å². The Hall–Kier alpha value is -2.61. The van der Waals surface area contributed by atoms with Crippen LogP contribution in [0.5, 0.6) is 0 Å². The number of rotatable bonds is 9. The fourth-order valence-corrected chi connectivity index (χ4v) is 6.00. The zero-order valence-corrected chi connectivity index (χ0v) is 21.3. The first-order valence-electron chi connectivity index (χ1n) is 12.8. The molecule has 0 heterocycles. The molecule has 1 unspecified atom stereocenters.